The van der Waals surface area contributed by atoms with Gasteiger partial charge < -0.3 is 19.8 Å². The molecule has 1 aliphatic heterocycles. The summed E-state index contributed by atoms with van der Waals surface area (Å²) in [5.41, 5.74) is 0. The van der Waals surface area contributed by atoms with E-state index in [9.17, 15) is 14.4 Å². The molecule has 0 bridgehead atoms. The highest BCUT2D eigenvalue weighted by atomic mass is 16.4. The summed E-state index contributed by atoms with van der Waals surface area (Å²) in [5.74, 6) is -1.74. The lowest BCUT2D eigenvalue weighted by molar-refractivity contribution is -0.146. The number of carbonyl (C=O) groups is 3. The maximum atomic E-state index is 12.5. The van der Waals surface area contributed by atoms with E-state index in [1.807, 2.05) is 32.8 Å². The van der Waals surface area contributed by atoms with Crippen LogP contribution in [0.5, 0.6) is 0 Å². The number of likely N-dealkylation sites (tertiary alicyclic amines) is 1. The van der Waals surface area contributed by atoms with Crippen LogP contribution in [-0.2, 0) is 14.4 Å². The molecule has 0 saturated carbocycles. The van der Waals surface area contributed by atoms with E-state index >= 15 is 0 Å². The van der Waals surface area contributed by atoms with Crippen molar-refractivity contribution in [1.29, 1.82) is 0 Å². The summed E-state index contributed by atoms with van der Waals surface area (Å²) >= 11 is 0. The predicted octanol–water partition coefficient (Wildman–Crippen LogP) is -0.282. The Bertz CT molecular complexity index is 409. The van der Waals surface area contributed by atoms with Gasteiger partial charge in [0, 0.05) is 32.1 Å². The Kier molecular flexibility index (Phi) is 6.14. The van der Waals surface area contributed by atoms with Crippen LogP contribution in [0.3, 0.4) is 0 Å². The molecule has 0 aromatic carbocycles. The van der Waals surface area contributed by atoms with Crippen LogP contribution in [0.1, 0.15) is 20.3 Å². The molecule has 1 fully saturated rings. The molecule has 0 spiro atoms. The number of amides is 2. The number of nitrogens with zero attached hydrogens (tertiary/aromatic N) is 3. The Morgan fingerprint density at radius 2 is 1.95 bits per heavy atom. The first kappa shape index (κ1) is 17.4. The summed E-state index contributed by atoms with van der Waals surface area (Å²) in [6.07, 6.45) is 0.176. The van der Waals surface area contributed by atoms with Crippen LogP contribution in [0.15, 0.2) is 0 Å². The fourth-order valence-corrected chi connectivity index (χ4v) is 2.41. The standard InChI is InChI=1S/C14H25N3O4/c1-10(2)17-8-11(7-12(17)18)14(21)16(9-13(19)20)6-5-15(3)4/h10-11H,5-9H2,1-4H3,(H,19,20)/t11-/m1/s1. The van der Waals surface area contributed by atoms with Gasteiger partial charge in [0.15, 0.2) is 0 Å². The smallest absolute Gasteiger partial charge is 0.323 e. The molecule has 0 radical (unpaired) electrons. The molecule has 1 atom stereocenters. The second-order valence-electron chi connectivity index (χ2n) is 6.00. The highest BCUT2D eigenvalue weighted by Gasteiger charge is 2.37. The first-order chi connectivity index (χ1) is 9.72. The molecule has 1 rings (SSSR count). The summed E-state index contributed by atoms with van der Waals surface area (Å²) in [6.45, 7) is 4.82. The average Bonchev–Trinajstić information content (AvgIpc) is 2.75. The first-order valence-corrected chi connectivity index (χ1v) is 7.17. The summed E-state index contributed by atoms with van der Waals surface area (Å²) in [6, 6.07) is 0.0602. The summed E-state index contributed by atoms with van der Waals surface area (Å²) < 4.78 is 0. The molecule has 1 heterocycles. The lowest BCUT2D eigenvalue weighted by Gasteiger charge is -2.26. The van der Waals surface area contributed by atoms with E-state index in [0.717, 1.165) is 0 Å². The normalized spacial score (nSPS) is 18.7. The number of aliphatic carboxylic acids is 1. The van der Waals surface area contributed by atoms with Crippen molar-refractivity contribution in [3.63, 3.8) is 0 Å². The number of carbonyl (C=O) groups excluding carboxylic acids is 2. The third-order valence-electron chi connectivity index (χ3n) is 3.59. The van der Waals surface area contributed by atoms with Gasteiger partial charge in [-0.1, -0.05) is 0 Å². The van der Waals surface area contributed by atoms with Gasteiger partial charge in [-0.2, -0.15) is 0 Å². The monoisotopic (exact) mass is 299 g/mol. The third kappa shape index (κ3) is 5.00. The van der Waals surface area contributed by atoms with Gasteiger partial charge in [-0.25, -0.2) is 0 Å². The van der Waals surface area contributed by atoms with Crippen molar-refractivity contribution in [2.24, 2.45) is 5.92 Å². The minimum absolute atomic E-state index is 0.0359. The molecule has 7 heteroatoms. The molecular formula is C14H25N3O4. The van der Waals surface area contributed by atoms with E-state index in [0.29, 0.717) is 19.6 Å². The maximum Gasteiger partial charge on any atom is 0.323 e. The Morgan fingerprint density at radius 3 is 2.38 bits per heavy atom. The van der Waals surface area contributed by atoms with E-state index in [1.165, 1.54) is 4.90 Å². The molecule has 7 nitrogen and oxygen atoms in total. The molecule has 1 aliphatic rings. The zero-order valence-electron chi connectivity index (χ0n) is 13.2. The molecule has 1 N–H and O–H groups in total. The van der Waals surface area contributed by atoms with Crippen LogP contribution in [-0.4, -0.2) is 83.9 Å². The molecule has 0 aromatic heterocycles. The van der Waals surface area contributed by atoms with E-state index in [2.05, 4.69) is 0 Å². The molecule has 21 heavy (non-hydrogen) atoms. The molecule has 0 aliphatic carbocycles. The number of hydrogen-bond donors (Lipinski definition) is 1. The molecule has 120 valence electrons. The highest BCUT2D eigenvalue weighted by Crippen LogP contribution is 2.22. The molecular weight excluding hydrogens is 274 g/mol. The third-order valence-corrected chi connectivity index (χ3v) is 3.59. The largest absolute Gasteiger partial charge is 0.480 e. The summed E-state index contributed by atoms with van der Waals surface area (Å²) in [7, 11) is 3.73. The Labute approximate surface area is 125 Å². The quantitative estimate of drug-likeness (QED) is 0.699. The second-order valence-corrected chi connectivity index (χ2v) is 6.00. The van der Waals surface area contributed by atoms with Crippen molar-refractivity contribution in [3.05, 3.63) is 0 Å². The van der Waals surface area contributed by atoms with Gasteiger partial charge in [0.05, 0.1) is 5.92 Å². The van der Waals surface area contributed by atoms with Crippen LogP contribution in [0.25, 0.3) is 0 Å². The van der Waals surface area contributed by atoms with Crippen LogP contribution in [0.4, 0.5) is 0 Å². The summed E-state index contributed by atoms with van der Waals surface area (Å²) in [4.78, 5) is 40.2. The zero-order valence-corrected chi connectivity index (χ0v) is 13.2. The topological polar surface area (TPSA) is 81.2 Å². The second kappa shape index (κ2) is 7.40. The van der Waals surface area contributed by atoms with E-state index in [1.54, 1.807) is 4.90 Å². The van der Waals surface area contributed by atoms with Crippen molar-refractivity contribution in [2.45, 2.75) is 26.3 Å². The molecule has 0 unspecified atom stereocenters. The van der Waals surface area contributed by atoms with Crippen molar-refractivity contribution in [3.8, 4) is 0 Å². The molecule has 2 amide bonds. The van der Waals surface area contributed by atoms with Gasteiger partial charge in [0.2, 0.25) is 11.8 Å². The summed E-state index contributed by atoms with van der Waals surface area (Å²) in [5, 5.41) is 8.95. The van der Waals surface area contributed by atoms with Crippen LogP contribution in [0.2, 0.25) is 0 Å². The molecule has 1 saturated heterocycles. The van der Waals surface area contributed by atoms with Crippen LogP contribution in [0, 0.1) is 5.92 Å². The Balaban J connectivity index is 2.71. The minimum Gasteiger partial charge on any atom is -0.480 e. The van der Waals surface area contributed by atoms with Crippen LogP contribution >= 0.6 is 0 Å². The van der Waals surface area contributed by atoms with Gasteiger partial charge in [0.25, 0.3) is 0 Å². The van der Waals surface area contributed by atoms with Crippen molar-refractivity contribution in [1.82, 2.24) is 14.7 Å². The minimum atomic E-state index is -1.04. The van der Waals surface area contributed by atoms with E-state index < -0.39 is 11.9 Å². The van der Waals surface area contributed by atoms with Gasteiger partial charge in [-0.3, -0.25) is 14.4 Å². The fourth-order valence-electron chi connectivity index (χ4n) is 2.41. The Hall–Kier alpha value is -1.63. The fraction of sp³-hybridized carbons (Fsp3) is 0.786. The highest BCUT2D eigenvalue weighted by molar-refractivity contribution is 5.90. The van der Waals surface area contributed by atoms with Crippen molar-refractivity contribution < 1.29 is 19.5 Å². The predicted molar refractivity (Wildman–Crippen MR) is 77.7 cm³/mol. The van der Waals surface area contributed by atoms with Crippen molar-refractivity contribution >= 4 is 17.8 Å². The number of hydrogen-bond acceptors (Lipinski definition) is 4. The average molecular weight is 299 g/mol. The van der Waals surface area contributed by atoms with E-state index in [4.69, 9.17) is 5.11 Å². The lowest BCUT2D eigenvalue weighted by atomic mass is 10.1. The van der Waals surface area contributed by atoms with Crippen LogP contribution < -0.4 is 0 Å². The SMILES string of the molecule is CC(C)N1C[C@H](C(=O)N(CCN(C)C)CC(=O)O)CC1=O. The number of carboxylic acid groups (broad SMARTS) is 1. The van der Waals surface area contributed by atoms with Crippen molar-refractivity contribution in [2.75, 3.05) is 40.3 Å². The van der Waals surface area contributed by atoms with Gasteiger partial charge in [-0.15, -0.1) is 0 Å². The van der Waals surface area contributed by atoms with Gasteiger partial charge >= 0.3 is 5.97 Å². The number of carboxylic acids is 1. The van der Waals surface area contributed by atoms with E-state index in [-0.39, 0.29) is 30.8 Å². The van der Waals surface area contributed by atoms with Gasteiger partial charge in [0.1, 0.15) is 6.54 Å². The maximum absolute atomic E-state index is 12.5. The number of rotatable bonds is 7. The van der Waals surface area contributed by atoms with Gasteiger partial charge in [-0.05, 0) is 27.9 Å². The molecule has 0 aromatic rings. The lowest BCUT2D eigenvalue weighted by Crippen LogP contribution is -2.44. The Morgan fingerprint density at radius 1 is 1.33 bits per heavy atom. The first-order valence-electron chi connectivity index (χ1n) is 7.17. The number of likely N-dealkylation sites (N-methyl/N-ethyl adjacent to an activating group) is 1. The zero-order chi connectivity index (χ0) is 16.2.